The van der Waals surface area contributed by atoms with Crippen molar-refractivity contribution in [1.29, 1.82) is 0 Å². The summed E-state index contributed by atoms with van der Waals surface area (Å²) in [5.74, 6) is 0.164. The van der Waals surface area contributed by atoms with E-state index in [-0.39, 0.29) is 5.91 Å². The molecule has 8 heteroatoms. The van der Waals surface area contributed by atoms with Gasteiger partial charge in [-0.1, -0.05) is 22.9 Å². The van der Waals surface area contributed by atoms with Crippen molar-refractivity contribution in [1.82, 2.24) is 4.98 Å². The number of carbonyl (C=O) groups excluding carboxylic acids is 1. The minimum Gasteiger partial charge on any atom is -0.459 e. The molecule has 1 aliphatic heterocycles. The third-order valence-corrected chi connectivity index (χ3v) is 6.51. The highest BCUT2D eigenvalue weighted by molar-refractivity contribution is 7.22. The second-order valence-corrected chi connectivity index (χ2v) is 8.33. The number of nitrogens with one attached hydrogen (secondary N) is 1. The van der Waals surface area contributed by atoms with Gasteiger partial charge in [-0.25, -0.2) is 4.98 Å². The highest BCUT2D eigenvalue weighted by atomic mass is 35.5. The van der Waals surface area contributed by atoms with E-state index in [4.69, 9.17) is 25.7 Å². The number of hydrogen-bond acceptors (Lipinski definition) is 5. The summed E-state index contributed by atoms with van der Waals surface area (Å²) in [6.45, 7) is 7.20. The molecule has 0 bridgehead atoms. The molecule has 0 unspecified atom stereocenters. The van der Waals surface area contributed by atoms with Crippen LogP contribution in [0.25, 0.3) is 10.2 Å². The van der Waals surface area contributed by atoms with E-state index in [9.17, 15) is 4.79 Å². The first kappa shape index (κ1) is 19.4. The zero-order valence-electron chi connectivity index (χ0n) is 15.7. The van der Waals surface area contributed by atoms with Gasteiger partial charge in [0.05, 0.1) is 36.2 Å². The first-order chi connectivity index (χ1) is 13.6. The van der Waals surface area contributed by atoms with Crippen molar-refractivity contribution in [2.24, 2.45) is 0 Å². The number of morpholine rings is 1. The first-order valence-electron chi connectivity index (χ1n) is 9.46. The summed E-state index contributed by atoms with van der Waals surface area (Å²) in [5.41, 5.74) is 1.79. The molecule has 1 fully saturated rings. The summed E-state index contributed by atoms with van der Waals surface area (Å²) in [7, 11) is 0. The van der Waals surface area contributed by atoms with Crippen molar-refractivity contribution in [3.8, 4) is 0 Å². The highest BCUT2D eigenvalue weighted by Gasteiger charge is 2.24. The summed E-state index contributed by atoms with van der Waals surface area (Å²) in [5, 5.41) is 1.36. The molecule has 148 valence electrons. The zero-order valence-corrected chi connectivity index (χ0v) is 17.3. The lowest BCUT2D eigenvalue weighted by Gasteiger charge is -2.25. The fraction of sp³-hybridized carbons (Fsp3) is 0.400. The molecule has 1 N–H and O–H groups in total. The van der Waals surface area contributed by atoms with Gasteiger partial charge in [0.25, 0.3) is 5.91 Å². The number of anilines is 1. The van der Waals surface area contributed by atoms with Gasteiger partial charge >= 0.3 is 0 Å². The fourth-order valence-corrected chi connectivity index (χ4v) is 4.62. The molecular weight excluding hydrogens is 398 g/mol. The van der Waals surface area contributed by atoms with Gasteiger partial charge in [-0.15, -0.1) is 0 Å². The molecule has 1 aliphatic rings. The number of benzene rings is 1. The molecule has 1 saturated heterocycles. The summed E-state index contributed by atoms with van der Waals surface area (Å²) in [6.07, 6.45) is 2.41. The molecule has 1 aromatic carbocycles. The molecule has 0 spiro atoms. The molecule has 3 heterocycles. The first-order valence-corrected chi connectivity index (χ1v) is 10.7. The van der Waals surface area contributed by atoms with E-state index in [1.54, 1.807) is 17.0 Å². The Kier molecular flexibility index (Phi) is 5.96. The molecule has 6 nitrogen and oxygen atoms in total. The molecule has 3 aromatic rings. The molecule has 2 aromatic heterocycles. The maximum atomic E-state index is 13.1. The average molecular weight is 421 g/mol. The smallest absolute Gasteiger partial charge is 0.295 e. The molecular formula is C20H23ClN3O3S+. The van der Waals surface area contributed by atoms with Gasteiger partial charge in [-0.3, -0.25) is 9.69 Å². The minimum absolute atomic E-state index is 0.162. The predicted octanol–water partition coefficient (Wildman–Crippen LogP) is 2.80. The van der Waals surface area contributed by atoms with E-state index < -0.39 is 0 Å². The van der Waals surface area contributed by atoms with Gasteiger partial charge in [0.2, 0.25) is 0 Å². The summed E-state index contributed by atoms with van der Waals surface area (Å²) < 4.78 is 11.8. The SMILES string of the molecule is Cc1c(Cl)ccc2sc(N(CCC[NH+]3CCOCC3)C(=O)c3ccco3)nc12. The number of aromatic nitrogens is 1. The maximum absolute atomic E-state index is 13.1. The Bertz CT molecular complexity index is 951. The zero-order chi connectivity index (χ0) is 19.5. The lowest BCUT2D eigenvalue weighted by Crippen LogP contribution is -3.14. The lowest BCUT2D eigenvalue weighted by molar-refractivity contribution is -0.908. The topological polar surface area (TPSA) is 60.0 Å². The number of carbonyl (C=O) groups is 1. The van der Waals surface area contributed by atoms with Crippen LogP contribution < -0.4 is 9.80 Å². The van der Waals surface area contributed by atoms with Crippen molar-refractivity contribution in [3.05, 3.63) is 46.9 Å². The molecule has 0 radical (unpaired) electrons. The summed E-state index contributed by atoms with van der Waals surface area (Å²) in [4.78, 5) is 21.1. The van der Waals surface area contributed by atoms with Crippen LogP contribution in [0.15, 0.2) is 34.9 Å². The van der Waals surface area contributed by atoms with Crippen LogP contribution in [0.4, 0.5) is 5.13 Å². The van der Waals surface area contributed by atoms with Crippen LogP contribution >= 0.6 is 22.9 Å². The van der Waals surface area contributed by atoms with E-state index in [2.05, 4.69) is 0 Å². The summed E-state index contributed by atoms with van der Waals surface area (Å²) >= 11 is 7.75. The van der Waals surface area contributed by atoms with Gasteiger partial charge < -0.3 is 14.1 Å². The van der Waals surface area contributed by atoms with Crippen molar-refractivity contribution < 1.29 is 18.8 Å². The molecule has 1 amide bonds. The lowest BCUT2D eigenvalue weighted by atomic mass is 10.2. The molecule has 0 atom stereocenters. The Balaban J connectivity index is 1.57. The number of nitrogens with zero attached hydrogens (tertiary/aromatic N) is 2. The van der Waals surface area contributed by atoms with Crippen LogP contribution in [0.3, 0.4) is 0 Å². The largest absolute Gasteiger partial charge is 0.459 e. The van der Waals surface area contributed by atoms with Crippen LogP contribution in [-0.4, -0.2) is 50.3 Å². The second-order valence-electron chi connectivity index (χ2n) is 6.92. The number of thiazole rings is 1. The Hall–Kier alpha value is -1.93. The minimum atomic E-state index is -0.162. The third kappa shape index (κ3) is 4.07. The average Bonchev–Trinajstić information content (AvgIpc) is 3.39. The highest BCUT2D eigenvalue weighted by Crippen LogP contribution is 2.34. The van der Waals surface area contributed by atoms with E-state index in [0.29, 0.717) is 22.5 Å². The number of amides is 1. The fourth-order valence-electron chi connectivity index (χ4n) is 3.42. The number of furan rings is 1. The predicted molar refractivity (Wildman–Crippen MR) is 111 cm³/mol. The van der Waals surface area contributed by atoms with Crippen molar-refractivity contribution in [2.45, 2.75) is 13.3 Å². The van der Waals surface area contributed by atoms with Gasteiger partial charge in [0.1, 0.15) is 13.1 Å². The Morgan fingerprint density at radius 3 is 2.89 bits per heavy atom. The molecule has 4 rings (SSSR count). The quantitative estimate of drug-likeness (QED) is 0.666. The summed E-state index contributed by atoms with van der Waals surface area (Å²) in [6, 6.07) is 7.25. The van der Waals surface area contributed by atoms with Gasteiger partial charge in [-0.2, -0.15) is 0 Å². The second kappa shape index (κ2) is 8.61. The molecule has 0 saturated carbocycles. The number of aryl methyl sites for hydroxylation is 1. The van der Waals surface area contributed by atoms with E-state index in [1.165, 1.54) is 22.5 Å². The van der Waals surface area contributed by atoms with E-state index in [0.717, 1.165) is 55.0 Å². The molecule has 0 aliphatic carbocycles. The Labute approximate surface area is 172 Å². The molecule has 28 heavy (non-hydrogen) atoms. The van der Waals surface area contributed by atoms with Crippen LogP contribution in [0, 0.1) is 6.92 Å². The van der Waals surface area contributed by atoms with E-state index >= 15 is 0 Å². The van der Waals surface area contributed by atoms with Crippen molar-refractivity contribution in [3.63, 3.8) is 0 Å². The van der Waals surface area contributed by atoms with Crippen molar-refractivity contribution >= 4 is 44.2 Å². The maximum Gasteiger partial charge on any atom is 0.295 e. The normalized spacial score (nSPS) is 15.2. The number of rotatable bonds is 6. The van der Waals surface area contributed by atoms with Crippen molar-refractivity contribution in [2.75, 3.05) is 44.3 Å². The standard InChI is InChI=1S/C20H22ClN3O3S/c1-14-15(21)5-6-17-18(14)22-20(28-17)24(19(25)16-4-2-11-27-16)8-3-7-23-9-12-26-13-10-23/h2,4-6,11H,3,7-10,12-13H2,1H3/p+1. The monoisotopic (exact) mass is 420 g/mol. The van der Waals surface area contributed by atoms with Gasteiger partial charge in [0.15, 0.2) is 10.9 Å². The van der Waals surface area contributed by atoms with Crippen LogP contribution in [-0.2, 0) is 4.74 Å². The Morgan fingerprint density at radius 1 is 1.32 bits per heavy atom. The number of ether oxygens (including phenoxy) is 1. The van der Waals surface area contributed by atoms with Crippen LogP contribution in [0.1, 0.15) is 22.5 Å². The van der Waals surface area contributed by atoms with Gasteiger partial charge in [-0.05, 0) is 36.8 Å². The third-order valence-electron chi connectivity index (χ3n) is 5.06. The van der Waals surface area contributed by atoms with Gasteiger partial charge in [0, 0.05) is 18.0 Å². The number of fused-ring (bicyclic) bond motifs is 1. The van der Waals surface area contributed by atoms with Crippen LogP contribution in [0.5, 0.6) is 0 Å². The van der Waals surface area contributed by atoms with Crippen LogP contribution in [0.2, 0.25) is 5.02 Å². The number of quaternary nitrogens is 1. The number of halogens is 1. The Morgan fingerprint density at radius 2 is 2.14 bits per heavy atom. The number of hydrogen-bond donors (Lipinski definition) is 1. The van der Waals surface area contributed by atoms with E-state index in [1.807, 2.05) is 19.1 Å².